The van der Waals surface area contributed by atoms with Crippen molar-refractivity contribution in [2.24, 2.45) is 0 Å². The van der Waals surface area contributed by atoms with E-state index in [4.69, 9.17) is 0 Å². The highest BCUT2D eigenvalue weighted by atomic mass is 32.2. The summed E-state index contributed by atoms with van der Waals surface area (Å²) in [4.78, 5) is 24.4. The fourth-order valence-corrected chi connectivity index (χ4v) is 3.94. The van der Waals surface area contributed by atoms with E-state index < -0.39 is 21.8 Å². The highest BCUT2D eigenvalue weighted by Crippen LogP contribution is 2.23. The van der Waals surface area contributed by atoms with Gasteiger partial charge in [0.2, 0.25) is 0 Å². The summed E-state index contributed by atoms with van der Waals surface area (Å²) in [5.41, 5.74) is 6.61. The third kappa shape index (κ3) is 4.66. The second-order valence-corrected chi connectivity index (χ2v) is 8.58. The van der Waals surface area contributed by atoms with Crippen molar-refractivity contribution in [1.82, 2.24) is 10.9 Å². The Kier molecular flexibility index (Phi) is 6.17. The van der Waals surface area contributed by atoms with Gasteiger partial charge in [-0.05, 0) is 49.4 Å². The van der Waals surface area contributed by atoms with Gasteiger partial charge in [-0.15, -0.1) is 0 Å². The zero-order chi connectivity index (χ0) is 21.7. The molecule has 0 fully saturated rings. The number of aryl methyl sites for hydroxylation is 1. The third-order valence-electron chi connectivity index (χ3n) is 4.48. The fourth-order valence-electron chi connectivity index (χ4n) is 2.70. The molecule has 154 valence electrons. The predicted molar refractivity (Wildman–Crippen MR) is 115 cm³/mol. The number of hydrogen-bond donors (Lipinski definition) is 2. The molecule has 30 heavy (non-hydrogen) atoms. The lowest BCUT2D eigenvalue weighted by Crippen LogP contribution is -2.41. The summed E-state index contributed by atoms with van der Waals surface area (Å²) < 4.78 is 27.1. The first-order valence-electron chi connectivity index (χ1n) is 9.10. The number of nitrogens with zero attached hydrogens (tertiary/aromatic N) is 1. The molecule has 0 aliphatic rings. The molecular formula is C22H21N3O4S. The van der Waals surface area contributed by atoms with Crippen LogP contribution >= 0.6 is 0 Å². The van der Waals surface area contributed by atoms with Crippen molar-refractivity contribution < 1.29 is 18.0 Å². The molecule has 0 aliphatic carbocycles. The Balaban J connectivity index is 1.75. The number of rotatable bonds is 5. The summed E-state index contributed by atoms with van der Waals surface area (Å²) in [6, 6.07) is 21.1. The maximum Gasteiger partial charge on any atom is 0.269 e. The molecule has 0 bridgehead atoms. The normalized spacial score (nSPS) is 10.9. The monoisotopic (exact) mass is 423 g/mol. The van der Waals surface area contributed by atoms with E-state index in [2.05, 4.69) is 10.9 Å². The highest BCUT2D eigenvalue weighted by Gasteiger charge is 2.22. The average molecular weight is 423 g/mol. The molecule has 2 amide bonds. The van der Waals surface area contributed by atoms with Crippen LogP contribution in [0.2, 0.25) is 0 Å². The van der Waals surface area contributed by atoms with Crippen LogP contribution in [-0.2, 0) is 10.0 Å². The number of benzene rings is 3. The first-order valence-corrected chi connectivity index (χ1v) is 10.5. The van der Waals surface area contributed by atoms with E-state index in [0.717, 1.165) is 9.87 Å². The van der Waals surface area contributed by atoms with Gasteiger partial charge < -0.3 is 0 Å². The summed E-state index contributed by atoms with van der Waals surface area (Å²) in [7, 11) is -2.42. The third-order valence-corrected chi connectivity index (χ3v) is 6.26. The smallest absolute Gasteiger partial charge is 0.269 e. The van der Waals surface area contributed by atoms with E-state index in [0.29, 0.717) is 11.3 Å². The zero-order valence-corrected chi connectivity index (χ0v) is 17.3. The summed E-state index contributed by atoms with van der Waals surface area (Å²) in [6.07, 6.45) is 0. The van der Waals surface area contributed by atoms with Crippen LogP contribution in [0.3, 0.4) is 0 Å². The molecule has 8 heteroatoms. The largest absolute Gasteiger partial charge is 0.269 e. The summed E-state index contributed by atoms with van der Waals surface area (Å²) >= 11 is 0. The number of nitrogens with one attached hydrogen (secondary N) is 2. The van der Waals surface area contributed by atoms with Gasteiger partial charge in [-0.1, -0.05) is 42.0 Å². The van der Waals surface area contributed by atoms with Gasteiger partial charge in [0, 0.05) is 18.2 Å². The van der Waals surface area contributed by atoms with Crippen LogP contribution in [0.25, 0.3) is 0 Å². The van der Waals surface area contributed by atoms with E-state index in [-0.39, 0.29) is 10.5 Å². The maximum absolute atomic E-state index is 13.0. The molecule has 0 saturated heterocycles. The molecule has 2 N–H and O–H groups in total. The van der Waals surface area contributed by atoms with Crippen molar-refractivity contribution in [2.75, 3.05) is 11.4 Å². The van der Waals surface area contributed by atoms with Gasteiger partial charge in [0.1, 0.15) is 0 Å². The van der Waals surface area contributed by atoms with Gasteiger partial charge in [0.25, 0.3) is 21.8 Å². The summed E-state index contributed by atoms with van der Waals surface area (Å²) in [6.45, 7) is 1.91. The summed E-state index contributed by atoms with van der Waals surface area (Å²) in [5.74, 6) is -1.11. The van der Waals surface area contributed by atoms with Gasteiger partial charge in [0.15, 0.2) is 0 Å². The molecule has 0 atom stereocenters. The minimum atomic E-state index is -3.87. The minimum Gasteiger partial charge on any atom is -0.269 e. The van der Waals surface area contributed by atoms with Gasteiger partial charge in [-0.2, -0.15) is 0 Å². The molecule has 0 radical (unpaired) electrons. The lowest BCUT2D eigenvalue weighted by molar-refractivity contribution is 0.0846. The van der Waals surface area contributed by atoms with Crippen LogP contribution in [0.4, 0.5) is 5.69 Å². The van der Waals surface area contributed by atoms with E-state index in [9.17, 15) is 18.0 Å². The van der Waals surface area contributed by atoms with E-state index in [1.807, 2.05) is 19.1 Å². The van der Waals surface area contributed by atoms with E-state index in [1.54, 1.807) is 42.5 Å². The first-order chi connectivity index (χ1) is 14.3. The average Bonchev–Trinajstić information content (AvgIpc) is 2.78. The van der Waals surface area contributed by atoms with Crippen LogP contribution in [0.1, 0.15) is 26.3 Å². The number of amides is 2. The Morgan fingerprint density at radius 3 is 1.97 bits per heavy atom. The zero-order valence-electron chi connectivity index (χ0n) is 16.5. The van der Waals surface area contributed by atoms with Gasteiger partial charge in [-0.25, -0.2) is 8.42 Å². The molecule has 0 aromatic heterocycles. The van der Waals surface area contributed by atoms with Gasteiger partial charge in [-0.3, -0.25) is 24.7 Å². The molecule has 0 unspecified atom stereocenters. The van der Waals surface area contributed by atoms with Crippen LogP contribution in [0.15, 0.2) is 83.8 Å². The second-order valence-electron chi connectivity index (χ2n) is 6.61. The Morgan fingerprint density at radius 1 is 0.767 bits per heavy atom. The maximum atomic E-state index is 13.0. The first kappa shape index (κ1) is 21.1. The lowest BCUT2D eigenvalue weighted by Gasteiger charge is -2.20. The summed E-state index contributed by atoms with van der Waals surface area (Å²) in [5, 5.41) is 0. The second kappa shape index (κ2) is 8.79. The number of carbonyl (C=O) groups is 2. The Labute approximate surface area is 175 Å². The molecule has 3 aromatic rings. The van der Waals surface area contributed by atoms with Gasteiger partial charge in [0.05, 0.1) is 10.6 Å². The van der Waals surface area contributed by atoms with Crippen LogP contribution in [0.5, 0.6) is 0 Å². The Hall–Kier alpha value is -3.65. The minimum absolute atomic E-state index is 0.0346. The van der Waals surface area contributed by atoms with Crippen LogP contribution < -0.4 is 15.2 Å². The molecule has 3 rings (SSSR count). The fraction of sp³-hybridized carbons (Fsp3) is 0.0909. The van der Waals surface area contributed by atoms with E-state index in [1.165, 1.54) is 31.3 Å². The van der Waals surface area contributed by atoms with E-state index >= 15 is 0 Å². The molecule has 0 heterocycles. The number of hydrazine groups is 1. The number of hydrogen-bond acceptors (Lipinski definition) is 4. The standard InChI is InChI=1S/C22H21N3O4S/c1-16-11-13-19(14-12-16)25(2)30(28,29)20-10-6-9-18(15-20)22(27)24-23-21(26)17-7-4-3-5-8-17/h3-15H,1-2H3,(H,23,26)(H,24,27). The van der Waals surface area contributed by atoms with Crippen LogP contribution in [-0.4, -0.2) is 27.3 Å². The quantitative estimate of drug-likeness (QED) is 0.617. The van der Waals surface area contributed by atoms with Crippen molar-refractivity contribution >= 4 is 27.5 Å². The number of anilines is 1. The molecule has 0 aliphatic heterocycles. The Morgan fingerprint density at radius 2 is 1.33 bits per heavy atom. The number of carbonyl (C=O) groups excluding carboxylic acids is 2. The SMILES string of the molecule is Cc1ccc(N(C)S(=O)(=O)c2cccc(C(=O)NNC(=O)c3ccccc3)c2)cc1. The molecular weight excluding hydrogens is 402 g/mol. The van der Waals surface area contributed by atoms with Crippen molar-refractivity contribution in [1.29, 1.82) is 0 Å². The lowest BCUT2D eigenvalue weighted by atomic mass is 10.2. The molecule has 0 saturated carbocycles. The van der Waals surface area contributed by atoms with Gasteiger partial charge >= 0.3 is 0 Å². The van der Waals surface area contributed by atoms with Crippen molar-refractivity contribution in [3.8, 4) is 0 Å². The van der Waals surface area contributed by atoms with Crippen molar-refractivity contribution in [3.63, 3.8) is 0 Å². The molecule has 0 spiro atoms. The highest BCUT2D eigenvalue weighted by molar-refractivity contribution is 7.92. The predicted octanol–water partition coefficient (Wildman–Crippen LogP) is 2.89. The van der Waals surface area contributed by atoms with Crippen molar-refractivity contribution in [2.45, 2.75) is 11.8 Å². The van der Waals surface area contributed by atoms with Crippen LogP contribution in [0, 0.1) is 6.92 Å². The Bertz CT molecular complexity index is 1160. The molecule has 3 aromatic carbocycles. The topological polar surface area (TPSA) is 95.6 Å². The van der Waals surface area contributed by atoms with Crippen molar-refractivity contribution in [3.05, 3.63) is 95.6 Å². The number of sulfonamides is 1. The molecule has 7 nitrogen and oxygen atoms in total.